The zero-order valence-corrected chi connectivity index (χ0v) is 5.84. The van der Waals surface area contributed by atoms with Crippen molar-refractivity contribution in [2.45, 2.75) is 6.92 Å². The van der Waals surface area contributed by atoms with Crippen molar-refractivity contribution in [3.8, 4) is 0 Å². The first-order valence-corrected chi connectivity index (χ1v) is 3.63. The van der Waals surface area contributed by atoms with Gasteiger partial charge in [-0.25, -0.2) is 8.42 Å². The minimum Gasteiger partial charge on any atom is -0.252 e. The van der Waals surface area contributed by atoms with Crippen LogP contribution in [0.1, 0.15) is 5.69 Å². The molecule has 1 aromatic heterocycles. The van der Waals surface area contributed by atoms with Crippen molar-refractivity contribution in [2.75, 3.05) is 0 Å². The zero-order chi connectivity index (χ0) is 6.85. The molecule has 0 spiro atoms. The summed E-state index contributed by atoms with van der Waals surface area (Å²) in [4.78, 5) is 0. The smallest absolute Gasteiger partial charge is 0.228 e. The lowest BCUT2D eigenvalue weighted by Gasteiger charge is -1.90. The maximum absolute atomic E-state index is 10.3. The number of hydrogen-bond donors (Lipinski definition) is 1. The van der Waals surface area contributed by atoms with Crippen LogP contribution < -0.4 is 0 Å². The number of aromatic nitrogens is 1. The van der Waals surface area contributed by atoms with Crippen LogP contribution in [0.25, 0.3) is 0 Å². The summed E-state index contributed by atoms with van der Waals surface area (Å²) in [5.41, 5.74) is 0.742. The Labute approximate surface area is 55.0 Å². The highest BCUT2D eigenvalue weighted by Crippen LogP contribution is 1.96. The maximum atomic E-state index is 10.3. The lowest BCUT2D eigenvalue weighted by molar-refractivity contribution is 0.606. The van der Waals surface area contributed by atoms with Gasteiger partial charge in [-0.3, -0.25) is 3.97 Å². The van der Waals surface area contributed by atoms with Gasteiger partial charge < -0.3 is 0 Å². The Morgan fingerprint density at radius 1 is 1.56 bits per heavy atom. The molecule has 4 heteroatoms. The second-order valence-electron chi connectivity index (χ2n) is 1.73. The number of aryl methyl sites for hydroxylation is 1. The molecule has 3 nitrogen and oxygen atoms in total. The number of rotatable bonds is 1. The first kappa shape index (κ1) is 6.35. The molecule has 50 valence electrons. The molecule has 1 rings (SSSR count). The van der Waals surface area contributed by atoms with Crippen LogP contribution in [-0.2, 0) is 10.9 Å². The Morgan fingerprint density at radius 2 is 2.22 bits per heavy atom. The second kappa shape index (κ2) is 2.23. The van der Waals surface area contributed by atoms with Crippen molar-refractivity contribution in [2.24, 2.45) is 0 Å². The van der Waals surface area contributed by atoms with E-state index in [1.54, 1.807) is 19.1 Å². The van der Waals surface area contributed by atoms with E-state index in [1.807, 2.05) is 0 Å². The van der Waals surface area contributed by atoms with Gasteiger partial charge in [0.05, 0.1) is 0 Å². The number of nitrogens with zero attached hydrogens (tertiary/aromatic N) is 1. The molecule has 0 unspecified atom stereocenters. The molecule has 1 aromatic rings. The molecular formula is C5H7NO2S. The molecule has 0 aliphatic rings. The van der Waals surface area contributed by atoms with Crippen LogP contribution in [0.4, 0.5) is 0 Å². The second-order valence-corrected chi connectivity index (χ2v) is 2.64. The fourth-order valence-electron chi connectivity index (χ4n) is 0.641. The van der Waals surface area contributed by atoms with Crippen LogP contribution in [0.3, 0.4) is 0 Å². The summed E-state index contributed by atoms with van der Waals surface area (Å²) >= 11 is 0. The molecule has 0 amide bonds. The van der Waals surface area contributed by atoms with Gasteiger partial charge in [0.2, 0.25) is 10.9 Å². The van der Waals surface area contributed by atoms with E-state index in [0.717, 1.165) is 5.69 Å². The lowest BCUT2D eigenvalue weighted by Crippen LogP contribution is -1.94. The Kier molecular flexibility index (Phi) is 1.57. The SMILES string of the molecule is Cc1cccn1[SH](=O)=O. The van der Waals surface area contributed by atoms with Crippen LogP contribution in [-0.4, -0.2) is 12.4 Å². The van der Waals surface area contributed by atoms with Crippen LogP contribution in [0.5, 0.6) is 0 Å². The first-order chi connectivity index (χ1) is 4.22. The summed E-state index contributed by atoms with van der Waals surface area (Å²) in [6.45, 7) is 1.74. The van der Waals surface area contributed by atoms with E-state index < -0.39 is 10.9 Å². The molecule has 0 N–H and O–H groups in total. The van der Waals surface area contributed by atoms with Crippen molar-refractivity contribution in [3.63, 3.8) is 0 Å². The molecule has 0 saturated heterocycles. The Balaban J connectivity index is 3.23. The summed E-state index contributed by atoms with van der Waals surface area (Å²) in [5.74, 6) is 0. The minimum atomic E-state index is -2.46. The van der Waals surface area contributed by atoms with E-state index in [9.17, 15) is 8.42 Å². The highest BCUT2D eigenvalue weighted by molar-refractivity contribution is 7.70. The van der Waals surface area contributed by atoms with Crippen molar-refractivity contribution >= 4 is 10.9 Å². The Hall–Kier alpha value is -0.770. The van der Waals surface area contributed by atoms with Gasteiger partial charge in [0.1, 0.15) is 0 Å². The van der Waals surface area contributed by atoms with E-state index in [2.05, 4.69) is 0 Å². The van der Waals surface area contributed by atoms with Gasteiger partial charge in [0, 0.05) is 11.9 Å². The summed E-state index contributed by atoms with van der Waals surface area (Å²) < 4.78 is 21.8. The average molecular weight is 145 g/mol. The van der Waals surface area contributed by atoms with Crippen LogP contribution >= 0.6 is 0 Å². The third-order valence-electron chi connectivity index (χ3n) is 1.10. The first-order valence-electron chi connectivity index (χ1n) is 2.50. The van der Waals surface area contributed by atoms with Gasteiger partial charge in [0.15, 0.2) is 0 Å². The standard InChI is InChI=1S/C5H7NO2S/c1-5-3-2-4-6(5)9(7)8/h2-4,9H,1H3. The third-order valence-corrected chi connectivity index (χ3v) is 1.90. The molecule has 0 aliphatic heterocycles. The van der Waals surface area contributed by atoms with Gasteiger partial charge in [-0.15, -0.1) is 0 Å². The van der Waals surface area contributed by atoms with Crippen molar-refractivity contribution in [1.29, 1.82) is 0 Å². The van der Waals surface area contributed by atoms with E-state index in [4.69, 9.17) is 0 Å². The lowest BCUT2D eigenvalue weighted by atomic mass is 10.5. The van der Waals surface area contributed by atoms with Crippen LogP contribution in [0.15, 0.2) is 18.3 Å². The van der Waals surface area contributed by atoms with E-state index in [-0.39, 0.29) is 0 Å². The molecule has 0 aromatic carbocycles. The zero-order valence-electron chi connectivity index (χ0n) is 4.94. The largest absolute Gasteiger partial charge is 0.252 e. The predicted molar refractivity (Wildman–Crippen MR) is 34.9 cm³/mol. The van der Waals surface area contributed by atoms with Gasteiger partial charge in [0.25, 0.3) is 0 Å². The topological polar surface area (TPSA) is 39.1 Å². The normalized spacial score (nSPS) is 10.4. The Bertz CT molecular complexity index is 266. The molecule has 0 atom stereocenters. The van der Waals surface area contributed by atoms with Crippen LogP contribution in [0, 0.1) is 6.92 Å². The van der Waals surface area contributed by atoms with Crippen molar-refractivity contribution in [1.82, 2.24) is 3.97 Å². The quantitative estimate of drug-likeness (QED) is 0.572. The maximum Gasteiger partial charge on any atom is 0.228 e. The van der Waals surface area contributed by atoms with Gasteiger partial charge >= 0.3 is 0 Å². The molecule has 1 heterocycles. The van der Waals surface area contributed by atoms with Gasteiger partial charge in [-0.2, -0.15) is 0 Å². The molecule has 0 aliphatic carbocycles. The fourth-order valence-corrected chi connectivity index (χ4v) is 1.15. The molecule has 9 heavy (non-hydrogen) atoms. The summed E-state index contributed by atoms with van der Waals surface area (Å²) in [6.07, 6.45) is 1.51. The number of thiol groups is 1. The minimum absolute atomic E-state index is 0.742. The highest BCUT2D eigenvalue weighted by Gasteiger charge is 1.92. The van der Waals surface area contributed by atoms with Crippen molar-refractivity contribution < 1.29 is 8.42 Å². The average Bonchev–Trinajstić information content (AvgIpc) is 2.13. The summed E-state index contributed by atoms with van der Waals surface area (Å²) in [5, 5.41) is 0. The molecular weight excluding hydrogens is 138 g/mol. The monoisotopic (exact) mass is 145 g/mol. The Morgan fingerprint density at radius 3 is 2.44 bits per heavy atom. The van der Waals surface area contributed by atoms with E-state index in [1.165, 1.54) is 10.2 Å². The van der Waals surface area contributed by atoms with Gasteiger partial charge in [-0.1, -0.05) is 0 Å². The third kappa shape index (κ3) is 1.13. The van der Waals surface area contributed by atoms with Crippen molar-refractivity contribution in [3.05, 3.63) is 24.0 Å². The molecule has 0 radical (unpaired) electrons. The van der Waals surface area contributed by atoms with Gasteiger partial charge in [-0.05, 0) is 19.1 Å². The predicted octanol–water partition coefficient (Wildman–Crippen LogP) is 0.171. The number of hydrogen-bond acceptors (Lipinski definition) is 2. The van der Waals surface area contributed by atoms with Crippen LogP contribution in [0.2, 0.25) is 0 Å². The molecule has 0 fully saturated rings. The highest BCUT2D eigenvalue weighted by atomic mass is 32.2. The van der Waals surface area contributed by atoms with E-state index in [0.29, 0.717) is 0 Å². The fraction of sp³-hybridized carbons (Fsp3) is 0.200. The summed E-state index contributed by atoms with van der Waals surface area (Å²) in [6, 6.07) is 3.44. The summed E-state index contributed by atoms with van der Waals surface area (Å²) in [7, 11) is -2.46. The molecule has 0 bridgehead atoms. The molecule has 0 saturated carbocycles. The van der Waals surface area contributed by atoms with E-state index >= 15 is 0 Å².